The van der Waals surface area contributed by atoms with Gasteiger partial charge in [0.2, 0.25) is 0 Å². The summed E-state index contributed by atoms with van der Waals surface area (Å²) in [4.78, 5) is 26.9. The number of nitrogens with one attached hydrogen (secondary N) is 1. The molecule has 0 bridgehead atoms. The summed E-state index contributed by atoms with van der Waals surface area (Å²) in [7, 11) is 0. The van der Waals surface area contributed by atoms with E-state index >= 15 is 0 Å². The number of carbonyl (C=O) groups is 1. The molecule has 0 atom stereocenters. The number of nitrogens with zero attached hydrogens (tertiary/aromatic N) is 1. The van der Waals surface area contributed by atoms with Gasteiger partial charge in [0.05, 0.1) is 0 Å². The SMILES string of the molecule is CCN(CC)Cc1ccc(NC(=O)c2cc3cccc(O)c3oc2=O)cc1. The predicted molar refractivity (Wildman–Crippen MR) is 105 cm³/mol. The van der Waals surface area contributed by atoms with E-state index in [1.54, 1.807) is 12.1 Å². The van der Waals surface area contributed by atoms with E-state index in [4.69, 9.17) is 4.42 Å². The van der Waals surface area contributed by atoms with Crippen molar-refractivity contribution in [2.45, 2.75) is 20.4 Å². The Balaban J connectivity index is 1.78. The first-order chi connectivity index (χ1) is 13.0. The quantitative estimate of drug-likeness (QED) is 0.652. The van der Waals surface area contributed by atoms with Crippen LogP contribution >= 0.6 is 0 Å². The molecule has 0 aliphatic carbocycles. The summed E-state index contributed by atoms with van der Waals surface area (Å²) in [5, 5.41) is 12.9. The molecular weight excluding hydrogens is 344 g/mol. The third kappa shape index (κ3) is 4.17. The zero-order valence-electron chi connectivity index (χ0n) is 15.4. The van der Waals surface area contributed by atoms with Crippen molar-refractivity contribution in [2.24, 2.45) is 0 Å². The average Bonchev–Trinajstić information content (AvgIpc) is 2.67. The Hall–Kier alpha value is -3.12. The van der Waals surface area contributed by atoms with Gasteiger partial charge in [0, 0.05) is 17.6 Å². The van der Waals surface area contributed by atoms with E-state index in [9.17, 15) is 14.7 Å². The molecule has 2 N–H and O–H groups in total. The van der Waals surface area contributed by atoms with Gasteiger partial charge in [-0.15, -0.1) is 0 Å². The molecule has 0 radical (unpaired) electrons. The summed E-state index contributed by atoms with van der Waals surface area (Å²) < 4.78 is 5.10. The Morgan fingerprint density at radius 1 is 1.11 bits per heavy atom. The van der Waals surface area contributed by atoms with Gasteiger partial charge in [-0.1, -0.05) is 38.1 Å². The standard InChI is InChI=1S/C21H22N2O4/c1-3-23(4-2)13-14-8-10-16(11-9-14)22-20(25)17-12-15-6-5-7-18(24)19(15)27-21(17)26/h5-12,24H,3-4,13H2,1-2H3,(H,22,25). The Kier molecular flexibility index (Phi) is 5.57. The molecule has 0 spiro atoms. The van der Waals surface area contributed by atoms with E-state index in [-0.39, 0.29) is 16.9 Å². The second-order valence-corrected chi connectivity index (χ2v) is 6.26. The normalized spacial score (nSPS) is 11.1. The van der Waals surface area contributed by atoms with Crippen molar-refractivity contribution in [1.29, 1.82) is 0 Å². The van der Waals surface area contributed by atoms with Crippen molar-refractivity contribution >= 4 is 22.6 Å². The zero-order valence-corrected chi connectivity index (χ0v) is 15.4. The summed E-state index contributed by atoms with van der Waals surface area (Å²) in [6.07, 6.45) is 0. The lowest BCUT2D eigenvalue weighted by molar-refractivity contribution is 0.102. The number of anilines is 1. The molecule has 2 aromatic carbocycles. The van der Waals surface area contributed by atoms with Crippen molar-refractivity contribution in [2.75, 3.05) is 18.4 Å². The number of carbonyl (C=O) groups excluding carboxylic acids is 1. The van der Waals surface area contributed by atoms with Crippen LogP contribution in [0.1, 0.15) is 29.8 Å². The third-order valence-corrected chi connectivity index (χ3v) is 4.50. The van der Waals surface area contributed by atoms with Gasteiger partial charge >= 0.3 is 5.63 Å². The van der Waals surface area contributed by atoms with Gasteiger partial charge in [-0.25, -0.2) is 4.79 Å². The monoisotopic (exact) mass is 366 g/mol. The Morgan fingerprint density at radius 2 is 1.81 bits per heavy atom. The average molecular weight is 366 g/mol. The van der Waals surface area contributed by atoms with E-state index in [1.165, 1.54) is 12.1 Å². The van der Waals surface area contributed by atoms with Crippen LogP contribution in [0.15, 0.2) is 57.7 Å². The smallest absolute Gasteiger partial charge is 0.349 e. The highest BCUT2D eigenvalue weighted by Crippen LogP contribution is 2.23. The van der Waals surface area contributed by atoms with Crippen molar-refractivity contribution in [1.82, 2.24) is 4.90 Å². The molecule has 6 nitrogen and oxygen atoms in total. The molecule has 1 heterocycles. The van der Waals surface area contributed by atoms with Gasteiger partial charge in [-0.2, -0.15) is 0 Å². The number of rotatable bonds is 6. The molecule has 3 rings (SSSR count). The number of para-hydroxylation sites is 1. The maximum absolute atomic E-state index is 12.5. The number of amides is 1. The maximum atomic E-state index is 12.5. The van der Waals surface area contributed by atoms with E-state index in [0.717, 1.165) is 25.2 Å². The largest absolute Gasteiger partial charge is 0.504 e. The molecule has 6 heteroatoms. The van der Waals surface area contributed by atoms with Crippen LogP contribution < -0.4 is 10.9 Å². The second-order valence-electron chi connectivity index (χ2n) is 6.26. The summed E-state index contributed by atoms with van der Waals surface area (Å²) in [6, 6.07) is 13.7. The van der Waals surface area contributed by atoms with Gasteiger partial charge in [0.1, 0.15) is 5.56 Å². The number of hydrogen-bond donors (Lipinski definition) is 2. The number of hydrogen-bond acceptors (Lipinski definition) is 5. The second kappa shape index (κ2) is 8.05. The van der Waals surface area contributed by atoms with Crippen molar-refractivity contribution < 1.29 is 14.3 Å². The minimum Gasteiger partial charge on any atom is -0.504 e. The third-order valence-electron chi connectivity index (χ3n) is 4.50. The maximum Gasteiger partial charge on any atom is 0.349 e. The first kappa shape index (κ1) is 18.7. The number of phenols is 1. The minimum atomic E-state index is -0.792. The molecule has 0 aliphatic rings. The van der Waals surface area contributed by atoms with Crippen molar-refractivity contribution in [3.8, 4) is 5.75 Å². The van der Waals surface area contributed by atoms with E-state index in [1.807, 2.05) is 24.3 Å². The van der Waals surface area contributed by atoms with Crippen LogP contribution in [-0.2, 0) is 6.54 Å². The summed E-state index contributed by atoms with van der Waals surface area (Å²) in [5.41, 5.74) is 0.913. The summed E-state index contributed by atoms with van der Waals surface area (Å²) in [6.45, 7) is 7.03. The number of phenolic OH excluding ortho intramolecular Hbond substituents is 1. The lowest BCUT2D eigenvalue weighted by Crippen LogP contribution is -2.22. The molecule has 1 aromatic heterocycles. The molecule has 27 heavy (non-hydrogen) atoms. The lowest BCUT2D eigenvalue weighted by atomic mass is 10.1. The van der Waals surface area contributed by atoms with Gasteiger partial charge < -0.3 is 14.8 Å². The molecule has 0 aliphatic heterocycles. The predicted octanol–water partition coefficient (Wildman–Crippen LogP) is 3.59. The van der Waals surface area contributed by atoms with Crippen LogP contribution in [0, 0.1) is 0 Å². The van der Waals surface area contributed by atoms with Crippen LogP contribution in [0.5, 0.6) is 5.75 Å². The highest BCUT2D eigenvalue weighted by molar-refractivity contribution is 6.05. The summed E-state index contributed by atoms with van der Waals surface area (Å²) in [5.74, 6) is -0.689. The van der Waals surface area contributed by atoms with E-state index in [2.05, 4.69) is 24.1 Å². The van der Waals surface area contributed by atoms with Gasteiger partial charge in [-0.3, -0.25) is 9.69 Å². The molecule has 0 saturated carbocycles. The summed E-state index contributed by atoms with van der Waals surface area (Å²) >= 11 is 0. The highest BCUT2D eigenvalue weighted by Gasteiger charge is 2.15. The Labute approximate surface area is 157 Å². The topological polar surface area (TPSA) is 82.8 Å². The number of aromatic hydroxyl groups is 1. The van der Waals surface area contributed by atoms with Crippen molar-refractivity contribution in [3.63, 3.8) is 0 Å². The van der Waals surface area contributed by atoms with E-state index < -0.39 is 11.5 Å². The van der Waals surface area contributed by atoms with Gasteiger partial charge in [0.25, 0.3) is 5.91 Å². The van der Waals surface area contributed by atoms with Gasteiger partial charge in [-0.05, 0) is 42.9 Å². The number of fused-ring (bicyclic) bond motifs is 1. The van der Waals surface area contributed by atoms with Gasteiger partial charge in [0.15, 0.2) is 11.3 Å². The van der Waals surface area contributed by atoms with Crippen molar-refractivity contribution in [3.05, 3.63) is 70.1 Å². The fourth-order valence-corrected chi connectivity index (χ4v) is 2.88. The van der Waals surface area contributed by atoms with Crippen LogP contribution in [0.2, 0.25) is 0 Å². The van der Waals surface area contributed by atoms with E-state index in [0.29, 0.717) is 11.1 Å². The fraction of sp³-hybridized carbons (Fsp3) is 0.238. The minimum absolute atomic E-state index is 0.0693. The van der Waals surface area contributed by atoms with Crippen LogP contribution in [0.25, 0.3) is 11.0 Å². The first-order valence-corrected chi connectivity index (χ1v) is 8.90. The number of benzene rings is 2. The first-order valence-electron chi connectivity index (χ1n) is 8.90. The lowest BCUT2D eigenvalue weighted by Gasteiger charge is -2.18. The molecule has 0 unspecified atom stereocenters. The molecular formula is C21H22N2O4. The molecule has 0 saturated heterocycles. The molecule has 0 fully saturated rings. The molecule has 1 amide bonds. The molecule has 3 aromatic rings. The fourth-order valence-electron chi connectivity index (χ4n) is 2.88. The zero-order chi connectivity index (χ0) is 19.4. The van der Waals surface area contributed by atoms with Crippen LogP contribution in [-0.4, -0.2) is 29.0 Å². The Bertz CT molecular complexity index is 1000. The molecule has 140 valence electrons. The van der Waals surface area contributed by atoms with Crippen LogP contribution in [0.4, 0.5) is 5.69 Å². The Morgan fingerprint density at radius 3 is 2.48 bits per heavy atom. The van der Waals surface area contributed by atoms with Crippen LogP contribution in [0.3, 0.4) is 0 Å². The highest BCUT2D eigenvalue weighted by atomic mass is 16.4.